The highest BCUT2D eigenvalue weighted by Crippen LogP contribution is 2.57. The predicted molar refractivity (Wildman–Crippen MR) is 234 cm³/mol. The molecule has 55 heavy (non-hydrogen) atoms. The highest BCUT2D eigenvalue weighted by Gasteiger charge is 2.46. The van der Waals surface area contributed by atoms with Crippen LogP contribution in [0.1, 0.15) is 58.4 Å². The Bertz CT molecular complexity index is 2620. The number of fused-ring (bicyclic) bond motifs is 6. The third-order valence-electron chi connectivity index (χ3n) is 11.7. The maximum absolute atomic E-state index is 4.44. The van der Waals surface area contributed by atoms with Crippen LogP contribution in [0.15, 0.2) is 207 Å². The summed E-state index contributed by atoms with van der Waals surface area (Å²) in [6, 6.07) is 62.3. The lowest BCUT2D eigenvalue weighted by molar-refractivity contribution is 0.660. The van der Waals surface area contributed by atoms with E-state index >= 15 is 0 Å². The lowest BCUT2D eigenvalue weighted by Crippen LogP contribution is -2.28. The fourth-order valence-electron chi connectivity index (χ4n) is 9.21. The third-order valence-corrected chi connectivity index (χ3v) is 11.7. The van der Waals surface area contributed by atoms with Gasteiger partial charge in [0.25, 0.3) is 0 Å². The van der Waals surface area contributed by atoms with Crippen molar-refractivity contribution in [3.05, 3.63) is 251 Å². The first-order chi connectivity index (χ1) is 27.0. The monoisotopic (exact) mass is 705 g/mol. The summed E-state index contributed by atoms with van der Waals surface area (Å²) in [5, 5.41) is 0. The molecule has 0 fully saturated rings. The summed E-state index contributed by atoms with van der Waals surface area (Å²) in [5.74, 6) is 0. The van der Waals surface area contributed by atoms with Crippen molar-refractivity contribution in [3.8, 4) is 22.3 Å². The second kappa shape index (κ2) is 13.6. The van der Waals surface area contributed by atoms with Gasteiger partial charge in [-0.05, 0) is 103 Å². The van der Waals surface area contributed by atoms with Crippen LogP contribution in [-0.4, -0.2) is 0 Å². The normalized spacial score (nSPS) is 14.5. The quantitative estimate of drug-likeness (QED) is 0.135. The Balaban J connectivity index is 1.32. The van der Waals surface area contributed by atoms with Gasteiger partial charge in [0.2, 0.25) is 0 Å². The summed E-state index contributed by atoms with van der Waals surface area (Å²) in [6.45, 7) is 13.0. The number of benzene rings is 7. The SMILES string of the molecule is C=C/C=C\c1ccccc1/C=C(\C=C)N(c1ccc2c(c1)-c1ccccc1C2(C)C)c1ccc2c(c1)C(c1ccccc1)(c1ccccc1)c1ccccc1-2. The first kappa shape index (κ1) is 34.1. The van der Waals surface area contributed by atoms with Gasteiger partial charge in [-0.3, -0.25) is 0 Å². The van der Waals surface area contributed by atoms with Gasteiger partial charge in [0.15, 0.2) is 0 Å². The molecule has 0 radical (unpaired) electrons. The van der Waals surface area contributed by atoms with Gasteiger partial charge in [-0.25, -0.2) is 0 Å². The molecule has 0 N–H and O–H groups in total. The fourth-order valence-corrected chi connectivity index (χ4v) is 9.21. The first-order valence-electron chi connectivity index (χ1n) is 19.1. The first-order valence-corrected chi connectivity index (χ1v) is 19.1. The van der Waals surface area contributed by atoms with E-state index in [1.165, 1.54) is 55.6 Å². The van der Waals surface area contributed by atoms with Gasteiger partial charge in [0.1, 0.15) is 0 Å². The van der Waals surface area contributed by atoms with Gasteiger partial charge in [-0.1, -0.05) is 191 Å². The molecule has 1 heteroatoms. The van der Waals surface area contributed by atoms with E-state index in [0.29, 0.717) is 0 Å². The highest BCUT2D eigenvalue weighted by atomic mass is 15.1. The van der Waals surface area contributed by atoms with E-state index in [2.05, 4.69) is 214 Å². The van der Waals surface area contributed by atoms with Crippen LogP contribution in [0, 0.1) is 0 Å². The Kier molecular flexibility index (Phi) is 8.44. The molecule has 2 aliphatic rings. The minimum Gasteiger partial charge on any atom is -0.310 e. The Morgan fingerprint density at radius 1 is 0.491 bits per heavy atom. The van der Waals surface area contributed by atoms with E-state index in [1.807, 2.05) is 18.2 Å². The van der Waals surface area contributed by atoms with Crippen LogP contribution in [-0.2, 0) is 10.8 Å². The number of anilines is 2. The zero-order valence-electron chi connectivity index (χ0n) is 31.4. The molecule has 0 aromatic heterocycles. The molecule has 7 aromatic rings. The van der Waals surface area contributed by atoms with Crippen LogP contribution in [0.25, 0.3) is 34.4 Å². The minimum absolute atomic E-state index is 0.0901. The molecule has 264 valence electrons. The van der Waals surface area contributed by atoms with Crippen molar-refractivity contribution >= 4 is 23.5 Å². The topological polar surface area (TPSA) is 3.24 Å². The van der Waals surface area contributed by atoms with Gasteiger partial charge >= 0.3 is 0 Å². The van der Waals surface area contributed by atoms with Crippen LogP contribution in [0.2, 0.25) is 0 Å². The molecular formula is C54H43N. The van der Waals surface area contributed by atoms with Crippen molar-refractivity contribution < 1.29 is 0 Å². The van der Waals surface area contributed by atoms with E-state index in [-0.39, 0.29) is 5.41 Å². The summed E-state index contributed by atoms with van der Waals surface area (Å²) in [4.78, 5) is 2.39. The predicted octanol–water partition coefficient (Wildman–Crippen LogP) is 13.9. The Hall–Kier alpha value is -6.70. The fraction of sp³-hybridized carbons (Fsp3) is 0.0741. The van der Waals surface area contributed by atoms with Crippen molar-refractivity contribution in [2.75, 3.05) is 4.90 Å². The molecule has 7 aromatic carbocycles. The van der Waals surface area contributed by atoms with Gasteiger partial charge in [-0.15, -0.1) is 0 Å². The molecule has 0 amide bonds. The number of nitrogens with zero attached hydrogens (tertiary/aromatic N) is 1. The van der Waals surface area contributed by atoms with Gasteiger partial charge in [-0.2, -0.15) is 0 Å². The van der Waals surface area contributed by atoms with Crippen molar-refractivity contribution in [1.82, 2.24) is 0 Å². The maximum atomic E-state index is 4.44. The van der Waals surface area contributed by atoms with Gasteiger partial charge in [0.05, 0.1) is 5.41 Å². The van der Waals surface area contributed by atoms with Crippen LogP contribution in [0.5, 0.6) is 0 Å². The molecule has 2 aliphatic carbocycles. The summed E-state index contributed by atoms with van der Waals surface area (Å²) >= 11 is 0. The molecule has 1 nitrogen and oxygen atoms in total. The van der Waals surface area contributed by atoms with Crippen LogP contribution in [0.4, 0.5) is 11.4 Å². The third kappa shape index (κ3) is 5.38. The van der Waals surface area contributed by atoms with Crippen molar-refractivity contribution in [1.29, 1.82) is 0 Å². The van der Waals surface area contributed by atoms with Gasteiger partial charge in [0, 0.05) is 22.5 Å². The van der Waals surface area contributed by atoms with E-state index in [0.717, 1.165) is 28.2 Å². The average Bonchev–Trinajstić information content (AvgIpc) is 3.66. The Morgan fingerprint density at radius 3 is 1.69 bits per heavy atom. The molecule has 0 heterocycles. The van der Waals surface area contributed by atoms with Crippen molar-refractivity contribution in [3.63, 3.8) is 0 Å². The zero-order valence-corrected chi connectivity index (χ0v) is 31.4. The van der Waals surface area contributed by atoms with Crippen molar-refractivity contribution in [2.45, 2.75) is 24.7 Å². The second-order valence-corrected chi connectivity index (χ2v) is 15.0. The summed E-state index contributed by atoms with van der Waals surface area (Å²) in [7, 11) is 0. The summed E-state index contributed by atoms with van der Waals surface area (Å²) < 4.78 is 0. The molecule has 0 bridgehead atoms. The van der Waals surface area contributed by atoms with E-state index < -0.39 is 5.41 Å². The molecule has 0 saturated carbocycles. The Labute approximate surface area is 325 Å². The van der Waals surface area contributed by atoms with Crippen LogP contribution >= 0.6 is 0 Å². The lowest BCUT2D eigenvalue weighted by atomic mass is 9.67. The standard InChI is InChI=1S/C54H43N/c1-5-7-20-38-21-14-15-22-39(38)35-42(6-2)55(43-32-34-50-48(36-43)46-28-16-18-29-49(46)53(50,3)4)44-31-33-47-45-27-17-19-30-51(45)54(52(47)37-44,40-23-10-8-11-24-40)41-25-12-9-13-26-41/h5-37H,1-2H2,3-4H3/b20-7-,42-35+. The lowest BCUT2D eigenvalue weighted by Gasteiger charge is -2.35. The molecule has 0 saturated heterocycles. The van der Waals surface area contributed by atoms with E-state index in [4.69, 9.17) is 0 Å². The molecule has 0 spiro atoms. The van der Waals surface area contributed by atoms with Gasteiger partial charge < -0.3 is 4.90 Å². The molecule has 0 unspecified atom stereocenters. The molecule has 0 atom stereocenters. The van der Waals surface area contributed by atoms with Crippen molar-refractivity contribution in [2.24, 2.45) is 0 Å². The van der Waals surface area contributed by atoms with E-state index in [1.54, 1.807) is 0 Å². The van der Waals surface area contributed by atoms with E-state index in [9.17, 15) is 0 Å². The number of hydrogen-bond acceptors (Lipinski definition) is 1. The molecular weight excluding hydrogens is 663 g/mol. The maximum Gasteiger partial charge on any atom is 0.0714 e. The zero-order chi connectivity index (χ0) is 37.6. The van der Waals surface area contributed by atoms with Crippen LogP contribution < -0.4 is 4.90 Å². The number of rotatable bonds is 9. The van der Waals surface area contributed by atoms with Crippen LogP contribution in [0.3, 0.4) is 0 Å². The average molecular weight is 706 g/mol. The smallest absolute Gasteiger partial charge is 0.0714 e. The minimum atomic E-state index is -0.517. The number of hydrogen-bond donors (Lipinski definition) is 0. The Morgan fingerprint density at radius 2 is 1.02 bits per heavy atom. The molecule has 9 rings (SSSR count). The highest BCUT2D eigenvalue weighted by molar-refractivity contribution is 5.91. The molecule has 0 aliphatic heterocycles. The summed E-state index contributed by atoms with van der Waals surface area (Å²) in [5.41, 5.74) is 17.6. The largest absolute Gasteiger partial charge is 0.310 e. The summed E-state index contributed by atoms with van der Waals surface area (Å²) in [6.07, 6.45) is 10.2. The number of allylic oxidation sites excluding steroid dienone is 3. The second-order valence-electron chi connectivity index (χ2n) is 15.0.